The van der Waals surface area contributed by atoms with Gasteiger partial charge in [-0.2, -0.15) is 0 Å². The molecule has 1 amide bonds. The van der Waals surface area contributed by atoms with Crippen LogP contribution in [0.2, 0.25) is 0 Å². The van der Waals surface area contributed by atoms with Gasteiger partial charge in [-0.3, -0.25) is 4.79 Å². The van der Waals surface area contributed by atoms with Gasteiger partial charge in [0, 0.05) is 5.56 Å². The molecule has 1 heterocycles. The minimum atomic E-state index is -3.78. The van der Waals surface area contributed by atoms with Gasteiger partial charge in [0.15, 0.2) is 0 Å². The highest BCUT2D eigenvalue weighted by Gasteiger charge is 2.37. The van der Waals surface area contributed by atoms with Crippen LogP contribution in [-0.2, 0) is 14.8 Å². The molecule has 156 valence electrons. The number of nitrogens with one attached hydrogen (secondary N) is 1. The van der Waals surface area contributed by atoms with Gasteiger partial charge >= 0.3 is 0 Å². The number of hydrogen-bond acceptors (Lipinski definition) is 5. The van der Waals surface area contributed by atoms with Crippen LogP contribution in [0.15, 0.2) is 53.4 Å². The second kappa shape index (κ2) is 8.52. The van der Waals surface area contributed by atoms with E-state index in [4.69, 9.17) is 9.47 Å². The average Bonchev–Trinajstić information content (AvgIpc) is 2.73. The molecule has 0 unspecified atom stereocenters. The molecule has 1 fully saturated rings. The summed E-state index contributed by atoms with van der Waals surface area (Å²) >= 11 is 0. The first-order chi connectivity index (χ1) is 13.8. The number of amides is 1. The van der Waals surface area contributed by atoms with Gasteiger partial charge in [0.25, 0.3) is 5.91 Å². The van der Waals surface area contributed by atoms with Crippen LogP contribution in [0.1, 0.15) is 35.9 Å². The lowest BCUT2D eigenvalue weighted by Crippen LogP contribution is -2.53. The van der Waals surface area contributed by atoms with E-state index < -0.39 is 10.0 Å². The van der Waals surface area contributed by atoms with Crippen molar-refractivity contribution in [2.24, 2.45) is 0 Å². The van der Waals surface area contributed by atoms with Gasteiger partial charge in [-0.25, -0.2) is 13.1 Å². The molecule has 8 heteroatoms. The second-order valence-electron chi connectivity index (χ2n) is 7.04. The number of sulfonamides is 1. The van der Waals surface area contributed by atoms with Gasteiger partial charge in [0.1, 0.15) is 16.7 Å². The second-order valence-corrected chi connectivity index (χ2v) is 8.89. The van der Waals surface area contributed by atoms with E-state index in [0.29, 0.717) is 6.61 Å². The molecule has 1 aliphatic rings. The van der Waals surface area contributed by atoms with Gasteiger partial charge in [0.05, 0.1) is 25.8 Å². The fourth-order valence-electron chi connectivity index (χ4n) is 3.69. The fraction of sp³-hybridized carbons (Fsp3) is 0.381. The Bertz CT molecular complexity index is 978. The number of carbonyl (C=O) groups excluding carboxylic acids is 1. The quantitative estimate of drug-likeness (QED) is 0.807. The molecule has 29 heavy (non-hydrogen) atoms. The predicted molar refractivity (Wildman–Crippen MR) is 109 cm³/mol. The normalized spacial score (nSPS) is 22.3. The predicted octanol–water partition coefficient (Wildman–Crippen LogP) is 2.59. The van der Waals surface area contributed by atoms with E-state index in [1.54, 1.807) is 11.0 Å². The minimum absolute atomic E-state index is 0.0680. The monoisotopic (exact) mass is 418 g/mol. The molecule has 3 rings (SSSR count). The summed E-state index contributed by atoms with van der Waals surface area (Å²) < 4.78 is 38.2. The minimum Gasteiger partial charge on any atom is -0.495 e. The summed E-state index contributed by atoms with van der Waals surface area (Å²) in [7, 11) is -1.07. The number of benzene rings is 2. The first-order valence-electron chi connectivity index (χ1n) is 9.41. The molecule has 0 aliphatic carbocycles. The van der Waals surface area contributed by atoms with Gasteiger partial charge in [-0.05, 0) is 44.7 Å². The molecule has 2 aromatic rings. The standard InChI is InChI=1S/C21H26N2O5S/c1-14-13-28-20(16-8-6-5-7-9-16)15(2)23(14)21(24)17-10-11-18(27-4)19(12-17)29(25,26)22-3/h5-12,14-15,20,22H,13H2,1-4H3/t14-,15-,20-/m1/s1. The number of methoxy groups -OCH3 is 1. The van der Waals surface area contributed by atoms with Crippen LogP contribution in [0.3, 0.4) is 0 Å². The fourth-order valence-corrected chi connectivity index (χ4v) is 4.61. The molecule has 0 radical (unpaired) electrons. The average molecular weight is 419 g/mol. The molecule has 0 aromatic heterocycles. The van der Waals surface area contributed by atoms with Crippen molar-refractivity contribution in [1.29, 1.82) is 0 Å². The van der Waals surface area contributed by atoms with E-state index in [0.717, 1.165) is 5.56 Å². The Morgan fingerprint density at radius 3 is 2.48 bits per heavy atom. The lowest BCUT2D eigenvalue weighted by molar-refractivity contribution is -0.0806. The Balaban J connectivity index is 1.97. The molecule has 2 aromatic carbocycles. The van der Waals surface area contributed by atoms with Crippen molar-refractivity contribution in [2.45, 2.75) is 36.9 Å². The molecular formula is C21H26N2O5S. The third-order valence-corrected chi connectivity index (χ3v) is 6.64. The van der Waals surface area contributed by atoms with E-state index in [2.05, 4.69) is 4.72 Å². The molecule has 1 saturated heterocycles. The van der Waals surface area contributed by atoms with E-state index in [1.807, 2.05) is 44.2 Å². The Morgan fingerprint density at radius 2 is 1.86 bits per heavy atom. The molecule has 0 spiro atoms. The largest absolute Gasteiger partial charge is 0.495 e. The zero-order chi connectivity index (χ0) is 21.2. The maximum Gasteiger partial charge on any atom is 0.254 e. The summed E-state index contributed by atoms with van der Waals surface area (Å²) in [4.78, 5) is 15.1. The van der Waals surface area contributed by atoms with E-state index >= 15 is 0 Å². The van der Waals surface area contributed by atoms with Crippen molar-refractivity contribution >= 4 is 15.9 Å². The first-order valence-corrected chi connectivity index (χ1v) is 10.9. The topological polar surface area (TPSA) is 84.9 Å². The number of rotatable bonds is 5. The maximum absolute atomic E-state index is 13.4. The summed E-state index contributed by atoms with van der Waals surface area (Å²) in [5, 5.41) is 0. The van der Waals surface area contributed by atoms with Crippen LogP contribution in [0.5, 0.6) is 5.75 Å². The summed E-state index contributed by atoms with van der Waals surface area (Å²) in [5.41, 5.74) is 1.28. The van der Waals surface area contributed by atoms with E-state index in [9.17, 15) is 13.2 Å². The molecule has 7 nitrogen and oxygen atoms in total. The number of carbonyl (C=O) groups is 1. The van der Waals surface area contributed by atoms with Crippen LogP contribution >= 0.6 is 0 Å². The zero-order valence-corrected chi connectivity index (χ0v) is 17.8. The van der Waals surface area contributed by atoms with Crippen LogP contribution in [0.4, 0.5) is 0 Å². The number of morpholine rings is 1. The molecule has 1 N–H and O–H groups in total. The van der Waals surface area contributed by atoms with Gasteiger partial charge in [-0.1, -0.05) is 30.3 Å². The van der Waals surface area contributed by atoms with Crippen LogP contribution in [0.25, 0.3) is 0 Å². The van der Waals surface area contributed by atoms with Crippen molar-refractivity contribution in [2.75, 3.05) is 20.8 Å². The van der Waals surface area contributed by atoms with Crippen molar-refractivity contribution in [1.82, 2.24) is 9.62 Å². The van der Waals surface area contributed by atoms with Gasteiger partial charge in [0.2, 0.25) is 10.0 Å². The van der Waals surface area contributed by atoms with Crippen LogP contribution in [-0.4, -0.2) is 52.1 Å². The SMILES string of the molecule is CNS(=O)(=O)c1cc(C(=O)N2[C@H](C)CO[C@@H](c3ccccc3)[C@H]2C)ccc1OC. The lowest BCUT2D eigenvalue weighted by Gasteiger charge is -2.44. The molecule has 0 saturated carbocycles. The summed E-state index contributed by atoms with van der Waals surface area (Å²) in [6.45, 7) is 4.26. The van der Waals surface area contributed by atoms with Crippen LogP contribution in [0, 0.1) is 0 Å². The van der Waals surface area contributed by atoms with Crippen LogP contribution < -0.4 is 9.46 Å². The van der Waals surface area contributed by atoms with Gasteiger partial charge < -0.3 is 14.4 Å². The molecule has 3 atom stereocenters. The highest BCUT2D eigenvalue weighted by atomic mass is 32.2. The lowest BCUT2D eigenvalue weighted by atomic mass is 9.97. The highest BCUT2D eigenvalue weighted by Crippen LogP contribution is 2.33. The molecule has 0 bridgehead atoms. The van der Waals surface area contributed by atoms with E-state index in [-0.39, 0.29) is 40.3 Å². The Morgan fingerprint density at radius 1 is 1.17 bits per heavy atom. The van der Waals surface area contributed by atoms with Gasteiger partial charge in [-0.15, -0.1) is 0 Å². The molecular weight excluding hydrogens is 392 g/mol. The smallest absolute Gasteiger partial charge is 0.254 e. The zero-order valence-electron chi connectivity index (χ0n) is 17.0. The summed E-state index contributed by atoms with van der Waals surface area (Å²) in [6.07, 6.45) is -0.255. The first kappa shape index (κ1) is 21.3. The van der Waals surface area contributed by atoms with Crippen molar-refractivity contribution in [3.8, 4) is 5.75 Å². The Hall–Kier alpha value is -2.42. The maximum atomic E-state index is 13.4. The Kier molecular flexibility index (Phi) is 6.26. The Labute approximate surface area is 171 Å². The van der Waals surface area contributed by atoms with E-state index in [1.165, 1.54) is 26.3 Å². The highest BCUT2D eigenvalue weighted by molar-refractivity contribution is 7.89. The number of hydrogen-bond donors (Lipinski definition) is 1. The third kappa shape index (κ3) is 4.14. The van der Waals surface area contributed by atoms with Crippen molar-refractivity contribution in [3.05, 3.63) is 59.7 Å². The van der Waals surface area contributed by atoms with Crippen molar-refractivity contribution in [3.63, 3.8) is 0 Å². The molecule has 1 aliphatic heterocycles. The third-order valence-electron chi connectivity index (χ3n) is 5.20. The number of nitrogens with zero attached hydrogens (tertiary/aromatic N) is 1. The summed E-state index contributed by atoms with van der Waals surface area (Å²) in [5.74, 6) is -0.0643. The number of ether oxygens (including phenoxy) is 2. The summed E-state index contributed by atoms with van der Waals surface area (Å²) in [6, 6.07) is 13.8. The van der Waals surface area contributed by atoms with Crippen molar-refractivity contribution < 1.29 is 22.7 Å².